The largest absolute Gasteiger partial charge is 0.388 e. The van der Waals surface area contributed by atoms with Gasteiger partial charge < -0.3 is 10.2 Å². The number of aliphatic hydroxyl groups excluding tert-OH is 2. The van der Waals surface area contributed by atoms with E-state index in [9.17, 15) is 15.0 Å². The molecule has 0 amide bonds. The summed E-state index contributed by atoms with van der Waals surface area (Å²) < 4.78 is 0. The summed E-state index contributed by atoms with van der Waals surface area (Å²) in [5.41, 5.74) is 3.53. The van der Waals surface area contributed by atoms with Crippen molar-refractivity contribution in [2.45, 2.75) is 38.9 Å². The Morgan fingerprint density at radius 3 is 1.54 bits per heavy atom. The van der Waals surface area contributed by atoms with Crippen LogP contribution in [0.15, 0.2) is 48.5 Å². The number of benzene rings is 2. The normalized spacial score (nSPS) is 18.0. The van der Waals surface area contributed by atoms with Crippen LogP contribution in [0, 0.1) is 25.7 Å². The zero-order chi connectivity index (χ0) is 17.3. The molecule has 0 aliphatic heterocycles. The van der Waals surface area contributed by atoms with Crippen LogP contribution in [0.4, 0.5) is 0 Å². The molecular formula is C21H24O3. The molecule has 1 aliphatic rings. The molecule has 2 aromatic carbocycles. The number of aliphatic hydroxyl groups is 2. The molecule has 2 aromatic rings. The van der Waals surface area contributed by atoms with Gasteiger partial charge in [-0.3, -0.25) is 4.79 Å². The van der Waals surface area contributed by atoms with Gasteiger partial charge in [-0.1, -0.05) is 59.7 Å². The third-order valence-corrected chi connectivity index (χ3v) is 4.83. The second-order valence-corrected chi connectivity index (χ2v) is 6.91. The zero-order valence-corrected chi connectivity index (χ0v) is 14.1. The predicted octanol–water partition coefficient (Wildman–Crippen LogP) is 3.67. The van der Waals surface area contributed by atoms with E-state index < -0.39 is 18.1 Å². The first-order valence-electron chi connectivity index (χ1n) is 8.50. The number of carbonyl (C=O) groups is 1. The van der Waals surface area contributed by atoms with Crippen molar-refractivity contribution in [1.82, 2.24) is 0 Å². The lowest BCUT2D eigenvalue weighted by Crippen LogP contribution is -2.30. The number of Topliss-reactive ketones (excluding diaryl/α,β-unsaturated/α-hetero) is 1. The molecule has 0 bridgehead atoms. The molecule has 0 spiro atoms. The molecule has 3 rings (SSSR count). The number of carbonyl (C=O) groups excluding carboxylic acids is 1. The Balaban J connectivity index is 1.91. The fraction of sp³-hybridized carbons (Fsp3) is 0.381. The molecule has 3 heteroatoms. The molecule has 1 fully saturated rings. The minimum Gasteiger partial charge on any atom is -0.388 e. The van der Waals surface area contributed by atoms with E-state index in [4.69, 9.17) is 0 Å². The lowest BCUT2D eigenvalue weighted by Gasteiger charge is -2.27. The van der Waals surface area contributed by atoms with Gasteiger partial charge in [-0.15, -0.1) is 0 Å². The second kappa shape index (κ2) is 6.88. The molecule has 0 saturated heterocycles. The first-order chi connectivity index (χ1) is 11.5. The number of aryl methyl sites for hydroxylation is 2. The summed E-state index contributed by atoms with van der Waals surface area (Å²) in [5.74, 6) is -0.880. The number of rotatable bonds is 6. The van der Waals surface area contributed by atoms with Gasteiger partial charge in [0.1, 0.15) is 5.78 Å². The molecular weight excluding hydrogens is 300 g/mol. The monoisotopic (exact) mass is 324 g/mol. The summed E-state index contributed by atoms with van der Waals surface area (Å²) in [5, 5.41) is 21.6. The van der Waals surface area contributed by atoms with Gasteiger partial charge in [0.2, 0.25) is 0 Å². The Morgan fingerprint density at radius 1 is 0.833 bits per heavy atom. The summed E-state index contributed by atoms with van der Waals surface area (Å²) in [6.45, 7) is 3.95. The first-order valence-corrected chi connectivity index (χ1v) is 8.50. The maximum Gasteiger partial charge on any atom is 0.144 e. The van der Waals surface area contributed by atoms with Crippen LogP contribution in [0.1, 0.15) is 47.3 Å². The third-order valence-electron chi connectivity index (χ3n) is 4.83. The maximum atomic E-state index is 12.7. The van der Waals surface area contributed by atoms with E-state index in [1.54, 1.807) is 0 Å². The van der Waals surface area contributed by atoms with Gasteiger partial charge in [0, 0.05) is 5.92 Å². The summed E-state index contributed by atoms with van der Waals surface area (Å²) in [4.78, 5) is 12.7. The maximum absolute atomic E-state index is 12.7. The molecule has 24 heavy (non-hydrogen) atoms. The number of hydrogen-bond acceptors (Lipinski definition) is 3. The highest BCUT2D eigenvalue weighted by Gasteiger charge is 2.42. The van der Waals surface area contributed by atoms with Crippen LogP contribution in [-0.4, -0.2) is 16.0 Å². The Bertz CT molecular complexity index is 647. The molecule has 0 heterocycles. The van der Waals surface area contributed by atoms with Crippen molar-refractivity contribution in [3.63, 3.8) is 0 Å². The summed E-state index contributed by atoms with van der Waals surface area (Å²) >= 11 is 0. The zero-order valence-electron chi connectivity index (χ0n) is 14.1. The molecule has 3 atom stereocenters. The highest BCUT2D eigenvalue weighted by molar-refractivity contribution is 5.86. The second-order valence-electron chi connectivity index (χ2n) is 6.91. The van der Waals surface area contributed by atoms with Gasteiger partial charge in [0.15, 0.2) is 0 Å². The molecule has 1 aliphatic carbocycles. The Hall–Kier alpha value is -1.97. The SMILES string of the molecule is Cc1ccc([C@@H](O)C(C(=O)C2CC2)[C@@H](O)c2ccc(C)cc2)cc1. The molecule has 0 aromatic heterocycles. The van der Waals surface area contributed by atoms with Crippen molar-refractivity contribution >= 4 is 5.78 Å². The minimum absolute atomic E-state index is 0.0183. The minimum atomic E-state index is -1.00. The van der Waals surface area contributed by atoms with Crippen LogP contribution in [0.3, 0.4) is 0 Å². The Labute approximate surface area is 143 Å². The molecule has 0 radical (unpaired) electrons. The fourth-order valence-corrected chi connectivity index (χ4v) is 3.07. The molecule has 1 saturated carbocycles. The van der Waals surface area contributed by atoms with E-state index in [2.05, 4.69) is 0 Å². The fourth-order valence-electron chi connectivity index (χ4n) is 3.07. The highest BCUT2D eigenvalue weighted by Crippen LogP contribution is 2.41. The van der Waals surface area contributed by atoms with Crippen LogP contribution >= 0.6 is 0 Å². The molecule has 2 N–H and O–H groups in total. The van der Waals surface area contributed by atoms with Gasteiger partial charge in [0.25, 0.3) is 0 Å². The van der Waals surface area contributed by atoms with Gasteiger partial charge in [-0.25, -0.2) is 0 Å². The van der Waals surface area contributed by atoms with E-state index in [1.807, 2.05) is 62.4 Å². The van der Waals surface area contributed by atoms with E-state index in [1.165, 1.54) is 0 Å². The summed E-state index contributed by atoms with van der Waals surface area (Å²) in [6, 6.07) is 15.0. The van der Waals surface area contributed by atoms with Crippen molar-refractivity contribution < 1.29 is 15.0 Å². The van der Waals surface area contributed by atoms with Crippen LogP contribution in [0.2, 0.25) is 0 Å². The highest BCUT2D eigenvalue weighted by atomic mass is 16.3. The van der Waals surface area contributed by atoms with Gasteiger partial charge in [0.05, 0.1) is 18.1 Å². The van der Waals surface area contributed by atoms with Gasteiger partial charge >= 0.3 is 0 Å². The number of ketones is 1. The standard InChI is InChI=1S/C21H24O3/c1-13-3-7-15(8-4-13)19(22)18(21(24)17-11-12-17)20(23)16-9-5-14(2)6-10-16/h3-10,17-20,22-23H,11-12H2,1-2H3/t18?,19-,20+. The summed E-state index contributed by atoms with van der Waals surface area (Å²) in [6.07, 6.45) is -0.294. The van der Waals surface area contributed by atoms with Crippen molar-refractivity contribution in [2.24, 2.45) is 11.8 Å². The lowest BCUT2D eigenvalue weighted by molar-refractivity contribution is -0.133. The average Bonchev–Trinajstić information content (AvgIpc) is 3.41. The van der Waals surface area contributed by atoms with E-state index >= 15 is 0 Å². The molecule has 3 nitrogen and oxygen atoms in total. The molecule has 126 valence electrons. The number of hydrogen-bond donors (Lipinski definition) is 2. The van der Waals surface area contributed by atoms with Crippen LogP contribution in [-0.2, 0) is 4.79 Å². The Morgan fingerprint density at radius 2 is 1.21 bits per heavy atom. The predicted molar refractivity (Wildman–Crippen MR) is 93.5 cm³/mol. The van der Waals surface area contributed by atoms with Crippen molar-refractivity contribution in [1.29, 1.82) is 0 Å². The van der Waals surface area contributed by atoms with E-state index in [0.717, 1.165) is 24.0 Å². The van der Waals surface area contributed by atoms with E-state index in [-0.39, 0.29) is 11.7 Å². The van der Waals surface area contributed by atoms with E-state index in [0.29, 0.717) is 11.1 Å². The topological polar surface area (TPSA) is 57.5 Å². The summed E-state index contributed by atoms with van der Waals surface area (Å²) in [7, 11) is 0. The quantitative estimate of drug-likeness (QED) is 0.852. The van der Waals surface area contributed by atoms with Crippen LogP contribution in [0.5, 0.6) is 0 Å². The van der Waals surface area contributed by atoms with Crippen LogP contribution in [0.25, 0.3) is 0 Å². The van der Waals surface area contributed by atoms with Gasteiger partial charge in [-0.2, -0.15) is 0 Å². The van der Waals surface area contributed by atoms with Crippen molar-refractivity contribution in [2.75, 3.05) is 0 Å². The third kappa shape index (κ3) is 3.58. The smallest absolute Gasteiger partial charge is 0.144 e. The van der Waals surface area contributed by atoms with Crippen LogP contribution < -0.4 is 0 Å². The average molecular weight is 324 g/mol. The van der Waals surface area contributed by atoms with Crippen molar-refractivity contribution in [3.05, 3.63) is 70.8 Å². The Kier molecular flexibility index (Phi) is 4.83. The first kappa shape index (κ1) is 16.9. The lowest BCUT2D eigenvalue weighted by atomic mass is 9.82. The van der Waals surface area contributed by atoms with Gasteiger partial charge in [-0.05, 0) is 37.8 Å². The molecule has 1 unspecified atom stereocenters. The van der Waals surface area contributed by atoms with Crippen molar-refractivity contribution in [3.8, 4) is 0 Å².